The summed E-state index contributed by atoms with van der Waals surface area (Å²) in [4.78, 5) is 14.3. The molecule has 3 rings (SSSR count). The molecule has 21 heavy (non-hydrogen) atoms. The quantitative estimate of drug-likeness (QED) is 0.840. The molecule has 1 aromatic rings. The summed E-state index contributed by atoms with van der Waals surface area (Å²) in [6, 6.07) is 2.04. The highest BCUT2D eigenvalue weighted by molar-refractivity contribution is 5.78. The topological polar surface area (TPSA) is 70.2 Å². The molecule has 2 saturated heterocycles. The van der Waals surface area contributed by atoms with E-state index in [0.717, 1.165) is 45.7 Å². The maximum atomic E-state index is 12.0. The lowest BCUT2D eigenvalue weighted by Crippen LogP contribution is -2.43. The van der Waals surface area contributed by atoms with Crippen molar-refractivity contribution in [2.24, 2.45) is 5.92 Å². The number of rotatable bonds is 5. The van der Waals surface area contributed by atoms with Crippen molar-refractivity contribution >= 4 is 5.91 Å². The summed E-state index contributed by atoms with van der Waals surface area (Å²) >= 11 is 0. The first kappa shape index (κ1) is 14.5. The molecular weight excluding hydrogens is 268 g/mol. The summed E-state index contributed by atoms with van der Waals surface area (Å²) in [6.45, 7) is 4.80. The normalized spacial score (nSPS) is 26.9. The van der Waals surface area contributed by atoms with Gasteiger partial charge < -0.3 is 10.1 Å². The Bertz CT molecular complexity index is 443. The SMILES string of the molecule is O=C(CN1CCC[C@@H](c2ccn[nH]2)C1)NC[C@H]1CCOC1. The van der Waals surface area contributed by atoms with Gasteiger partial charge in [0.2, 0.25) is 5.91 Å². The van der Waals surface area contributed by atoms with Crippen molar-refractivity contribution in [3.8, 4) is 0 Å². The molecular formula is C15H24N4O2. The van der Waals surface area contributed by atoms with Crippen LogP contribution in [0.25, 0.3) is 0 Å². The molecule has 0 saturated carbocycles. The van der Waals surface area contributed by atoms with Gasteiger partial charge in [-0.2, -0.15) is 5.10 Å². The number of piperidine rings is 1. The first-order valence-electron chi connectivity index (χ1n) is 7.87. The molecule has 2 atom stereocenters. The molecule has 2 aliphatic rings. The summed E-state index contributed by atoms with van der Waals surface area (Å²) in [6.07, 6.45) is 5.16. The molecule has 2 N–H and O–H groups in total. The molecule has 0 aliphatic carbocycles. The van der Waals surface area contributed by atoms with E-state index in [1.807, 2.05) is 6.07 Å². The Balaban J connectivity index is 1.42. The van der Waals surface area contributed by atoms with Gasteiger partial charge in [-0.05, 0) is 31.9 Å². The summed E-state index contributed by atoms with van der Waals surface area (Å²) < 4.78 is 5.32. The van der Waals surface area contributed by atoms with Gasteiger partial charge in [0.05, 0.1) is 13.2 Å². The van der Waals surface area contributed by atoms with E-state index in [4.69, 9.17) is 4.74 Å². The molecule has 0 radical (unpaired) electrons. The summed E-state index contributed by atoms with van der Waals surface area (Å²) in [5.41, 5.74) is 1.18. The predicted molar refractivity (Wildman–Crippen MR) is 78.9 cm³/mol. The fourth-order valence-electron chi connectivity index (χ4n) is 3.21. The molecule has 116 valence electrons. The molecule has 0 bridgehead atoms. The van der Waals surface area contributed by atoms with E-state index >= 15 is 0 Å². The minimum atomic E-state index is 0.132. The second kappa shape index (κ2) is 7.04. The lowest BCUT2D eigenvalue weighted by molar-refractivity contribution is -0.122. The standard InChI is InChI=1S/C15H24N4O2/c20-15(16-8-12-4-7-21-11-12)10-19-6-1-2-13(9-19)14-3-5-17-18-14/h3,5,12-13H,1-2,4,6-11H2,(H,16,20)(H,17,18)/t12-,13-/m1/s1. The number of nitrogens with one attached hydrogen (secondary N) is 2. The second-order valence-electron chi connectivity index (χ2n) is 6.12. The molecule has 2 aliphatic heterocycles. The maximum absolute atomic E-state index is 12.0. The van der Waals surface area contributed by atoms with Gasteiger partial charge in [0.1, 0.15) is 0 Å². The van der Waals surface area contributed by atoms with Gasteiger partial charge in [-0.1, -0.05) is 0 Å². The van der Waals surface area contributed by atoms with Crippen LogP contribution in [-0.4, -0.2) is 60.4 Å². The molecule has 0 spiro atoms. The zero-order chi connectivity index (χ0) is 14.5. The number of ether oxygens (including phenoxy) is 1. The first-order valence-corrected chi connectivity index (χ1v) is 7.87. The fraction of sp³-hybridized carbons (Fsp3) is 0.733. The van der Waals surface area contributed by atoms with Gasteiger partial charge in [-0.25, -0.2) is 0 Å². The fourth-order valence-corrected chi connectivity index (χ4v) is 3.21. The molecule has 1 aromatic heterocycles. The largest absolute Gasteiger partial charge is 0.381 e. The van der Waals surface area contributed by atoms with E-state index in [1.165, 1.54) is 12.1 Å². The third-order valence-corrected chi connectivity index (χ3v) is 4.45. The third-order valence-electron chi connectivity index (χ3n) is 4.45. The van der Waals surface area contributed by atoms with Crippen LogP contribution in [0.3, 0.4) is 0 Å². The highest BCUT2D eigenvalue weighted by atomic mass is 16.5. The van der Waals surface area contributed by atoms with Crippen LogP contribution in [0.5, 0.6) is 0 Å². The Morgan fingerprint density at radius 1 is 1.52 bits per heavy atom. The number of likely N-dealkylation sites (tertiary alicyclic amines) is 1. The van der Waals surface area contributed by atoms with E-state index in [0.29, 0.717) is 18.4 Å². The van der Waals surface area contributed by atoms with E-state index in [9.17, 15) is 4.79 Å². The lowest BCUT2D eigenvalue weighted by Gasteiger charge is -2.31. The van der Waals surface area contributed by atoms with Crippen molar-refractivity contribution in [3.63, 3.8) is 0 Å². The number of amides is 1. The van der Waals surface area contributed by atoms with E-state index in [1.54, 1.807) is 6.20 Å². The molecule has 2 fully saturated rings. The molecule has 1 amide bonds. The molecule has 0 unspecified atom stereocenters. The molecule has 6 heteroatoms. The highest BCUT2D eigenvalue weighted by Crippen LogP contribution is 2.24. The van der Waals surface area contributed by atoms with Gasteiger partial charge >= 0.3 is 0 Å². The van der Waals surface area contributed by atoms with Gasteiger partial charge in [-0.15, -0.1) is 0 Å². The van der Waals surface area contributed by atoms with Crippen LogP contribution in [0.4, 0.5) is 0 Å². The van der Waals surface area contributed by atoms with Crippen molar-refractivity contribution in [2.75, 3.05) is 39.4 Å². The van der Waals surface area contributed by atoms with Crippen LogP contribution < -0.4 is 5.32 Å². The van der Waals surface area contributed by atoms with Crippen LogP contribution in [0.2, 0.25) is 0 Å². The smallest absolute Gasteiger partial charge is 0.234 e. The van der Waals surface area contributed by atoms with Gasteiger partial charge in [-0.3, -0.25) is 14.8 Å². The van der Waals surface area contributed by atoms with Crippen LogP contribution in [0.15, 0.2) is 12.3 Å². The Morgan fingerprint density at radius 2 is 2.48 bits per heavy atom. The van der Waals surface area contributed by atoms with Crippen LogP contribution in [0.1, 0.15) is 30.9 Å². The number of H-pyrrole nitrogens is 1. The maximum Gasteiger partial charge on any atom is 0.234 e. The number of aromatic nitrogens is 2. The minimum absolute atomic E-state index is 0.132. The van der Waals surface area contributed by atoms with E-state index in [-0.39, 0.29) is 5.91 Å². The van der Waals surface area contributed by atoms with E-state index < -0.39 is 0 Å². The third kappa shape index (κ3) is 4.04. The van der Waals surface area contributed by atoms with Crippen LogP contribution in [-0.2, 0) is 9.53 Å². The van der Waals surface area contributed by atoms with Crippen molar-refractivity contribution in [2.45, 2.75) is 25.2 Å². The number of aromatic amines is 1. The molecule has 0 aromatic carbocycles. The number of carbonyl (C=O) groups is 1. The number of carbonyl (C=O) groups excluding carboxylic acids is 1. The number of nitrogens with zero attached hydrogens (tertiary/aromatic N) is 2. The van der Waals surface area contributed by atoms with Gasteiger partial charge in [0.25, 0.3) is 0 Å². The van der Waals surface area contributed by atoms with Crippen molar-refractivity contribution in [1.29, 1.82) is 0 Å². The van der Waals surface area contributed by atoms with Crippen molar-refractivity contribution in [1.82, 2.24) is 20.4 Å². The number of hydrogen-bond acceptors (Lipinski definition) is 4. The van der Waals surface area contributed by atoms with Gasteiger partial charge in [0.15, 0.2) is 0 Å². The Morgan fingerprint density at radius 3 is 3.24 bits per heavy atom. The lowest BCUT2D eigenvalue weighted by atomic mass is 9.95. The van der Waals surface area contributed by atoms with Crippen LogP contribution in [0, 0.1) is 5.92 Å². The zero-order valence-corrected chi connectivity index (χ0v) is 12.4. The van der Waals surface area contributed by atoms with Gasteiger partial charge in [0, 0.05) is 43.4 Å². The summed E-state index contributed by atoms with van der Waals surface area (Å²) in [7, 11) is 0. The summed E-state index contributed by atoms with van der Waals surface area (Å²) in [5.74, 6) is 1.09. The van der Waals surface area contributed by atoms with Crippen molar-refractivity contribution in [3.05, 3.63) is 18.0 Å². The monoisotopic (exact) mass is 292 g/mol. The molecule has 6 nitrogen and oxygen atoms in total. The predicted octanol–water partition coefficient (Wildman–Crippen LogP) is 0.742. The molecule has 3 heterocycles. The van der Waals surface area contributed by atoms with Crippen molar-refractivity contribution < 1.29 is 9.53 Å². The number of hydrogen-bond donors (Lipinski definition) is 2. The summed E-state index contributed by atoms with van der Waals surface area (Å²) in [5, 5.41) is 10.1. The van der Waals surface area contributed by atoms with Crippen LogP contribution >= 0.6 is 0 Å². The average molecular weight is 292 g/mol. The highest BCUT2D eigenvalue weighted by Gasteiger charge is 2.24. The zero-order valence-electron chi connectivity index (χ0n) is 12.4. The second-order valence-corrected chi connectivity index (χ2v) is 6.12. The average Bonchev–Trinajstić information content (AvgIpc) is 3.19. The minimum Gasteiger partial charge on any atom is -0.381 e. The Labute approximate surface area is 125 Å². The Hall–Kier alpha value is -1.40. The Kier molecular flexibility index (Phi) is 4.87. The first-order chi connectivity index (χ1) is 10.3. The van der Waals surface area contributed by atoms with E-state index in [2.05, 4.69) is 20.4 Å².